The Balaban J connectivity index is 1.62. The molecule has 8 heteroatoms. The van der Waals surface area contributed by atoms with E-state index in [1.807, 2.05) is 31.2 Å². The molecule has 31 heavy (non-hydrogen) atoms. The standard InChI is InChI=1S/C23H27N3O4S/c1-16-8-4-5-9-19(16)24-21(27)15-26-20-11-10-17(14-18(20)23(2,3)22(26)28)31(29,30)25-12-6-7-13-25/h4-5,8-11,14H,6-7,12-13,15H2,1-3H3,(H,24,27). The Kier molecular flexibility index (Phi) is 5.39. The van der Waals surface area contributed by atoms with E-state index >= 15 is 0 Å². The van der Waals surface area contributed by atoms with E-state index in [1.54, 1.807) is 26.0 Å². The van der Waals surface area contributed by atoms with Crippen molar-refractivity contribution in [3.05, 3.63) is 53.6 Å². The third-order valence-corrected chi connectivity index (χ3v) is 8.03. The molecule has 0 saturated carbocycles. The van der Waals surface area contributed by atoms with Gasteiger partial charge < -0.3 is 10.2 Å². The lowest BCUT2D eigenvalue weighted by Crippen LogP contribution is -2.40. The number of amides is 2. The third kappa shape index (κ3) is 3.74. The van der Waals surface area contributed by atoms with E-state index in [9.17, 15) is 18.0 Å². The topological polar surface area (TPSA) is 86.8 Å². The number of nitrogens with zero attached hydrogens (tertiary/aromatic N) is 2. The molecule has 4 rings (SSSR count). The van der Waals surface area contributed by atoms with Crippen LogP contribution in [0.25, 0.3) is 0 Å². The lowest BCUT2D eigenvalue weighted by molar-refractivity contribution is -0.124. The van der Waals surface area contributed by atoms with Gasteiger partial charge in [0.05, 0.1) is 10.3 Å². The first kappa shape index (κ1) is 21.5. The summed E-state index contributed by atoms with van der Waals surface area (Å²) < 4.78 is 27.5. The fraction of sp³-hybridized carbons (Fsp3) is 0.391. The zero-order valence-corrected chi connectivity index (χ0v) is 18.8. The van der Waals surface area contributed by atoms with Gasteiger partial charge in [0, 0.05) is 24.5 Å². The normalized spacial score (nSPS) is 18.3. The molecule has 0 aromatic heterocycles. The molecule has 2 aliphatic rings. The van der Waals surface area contributed by atoms with Crippen LogP contribution in [0.1, 0.15) is 37.8 Å². The number of sulfonamides is 1. The van der Waals surface area contributed by atoms with Gasteiger partial charge in [-0.25, -0.2) is 8.42 Å². The summed E-state index contributed by atoms with van der Waals surface area (Å²) in [6, 6.07) is 12.2. The Labute approximate surface area is 183 Å². The first-order valence-corrected chi connectivity index (χ1v) is 11.9. The van der Waals surface area contributed by atoms with Crippen molar-refractivity contribution in [1.29, 1.82) is 0 Å². The highest BCUT2D eigenvalue weighted by Gasteiger charge is 2.45. The molecule has 1 fully saturated rings. The van der Waals surface area contributed by atoms with Gasteiger partial charge in [-0.3, -0.25) is 9.59 Å². The van der Waals surface area contributed by atoms with Crippen molar-refractivity contribution in [3.63, 3.8) is 0 Å². The van der Waals surface area contributed by atoms with Crippen molar-refractivity contribution in [3.8, 4) is 0 Å². The maximum Gasteiger partial charge on any atom is 0.244 e. The number of benzene rings is 2. The Hall–Kier alpha value is -2.71. The van der Waals surface area contributed by atoms with Crippen LogP contribution in [0, 0.1) is 6.92 Å². The summed E-state index contributed by atoms with van der Waals surface area (Å²) in [6.45, 7) is 6.33. The molecule has 0 bridgehead atoms. The molecular weight excluding hydrogens is 414 g/mol. The van der Waals surface area contributed by atoms with Gasteiger partial charge in [-0.2, -0.15) is 4.31 Å². The molecule has 2 aromatic rings. The van der Waals surface area contributed by atoms with Crippen LogP contribution < -0.4 is 10.2 Å². The van der Waals surface area contributed by atoms with Crippen molar-refractivity contribution in [2.45, 2.75) is 43.9 Å². The van der Waals surface area contributed by atoms with Crippen LogP contribution in [-0.4, -0.2) is 44.2 Å². The molecule has 2 aromatic carbocycles. The second-order valence-corrected chi connectivity index (χ2v) is 10.6. The summed E-state index contributed by atoms with van der Waals surface area (Å²) in [4.78, 5) is 27.5. The molecule has 7 nitrogen and oxygen atoms in total. The lowest BCUT2D eigenvalue weighted by atomic mass is 9.86. The van der Waals surface area contributed by atoms with Crippen molar-refractivity contribution in [1.82, 2.24) is 4.31 Å². The number of carbonyl (C=O) groups excluding carboxylic acids is 2. The highest BCUT2D eigenvalue weighted by molar-refractivity contribution is 7.89. The van der Waals surface area contributed by atoms with Crippen molar-refractivity contribution >= 4 is 33.2 Å². The quantitative estimate of drug-likeness (QED) is 0.773. The fourth-order valence-electron chi connectivity index (χ4n) is 4.25. The van der Waals surface area contributed by atoms with Gasteiger partial charge in [0.15, 0.2) is 0 Å². The minimum atomic E-state index is -3.59. The van der Waals surface area contributed by atoms with Gasteiger partial charge in [0.2, 0.25) is 21.8 Å². The Morgan fingerprint density at radius 2 is 1.77 bits per heavy atom. The molecule has 1 N–H and O–H groups in total. The maximum absolute atomic E-state index is 13.1. The van der Waals surface area contributed by atoms with Gasteiger partial charge >= 0.3 is 0 Å². The Bertz CT molecular complexity index is 1150. The first-order valence-electron chi connectivity index (χ1n) is 10.4. The molecule has 2 aliphatic heterocycles. The first-order chi connectivity index (χ1) is 14.6. The molecular formula is C23H27N3O4S. The van der Waals surface area contributed by atoms with Crippen LogP contribution in [0.3, 0.4) is 0 Å². The fourth-order valence-corrected chi connectivity index (χ4v) is 5.80. The zero-order chi connectivity index (χ0) is 22.4. The lowest BCUT2D eigenvalue weighted by Gasteiger charge is -2.20. The molecule has 1 saturated heterocycles. The number of hydrogen-bond donors (Lipinski definition) is 1. The molecule has 0 radical (unpaired) electrons. The molecule has 0 aliphatic carbocycles. The van der Waals surface area contributed by atoms with Crippen LogP contribution in [-0.2, 0) is 25.0 Å². The second-order valence-electron chi connectivity index (χ2n) is 8.67. The van der Waals surface area contributed by atoms with E-state index in [-0.39, 0.29) is 23.3 Å². The number of fused-ring (bicyclic) bond motifs is 1. The summed E-state index contributed by atoms with van der Waals surface area (Å²) in [5.41, 5.74) is 1.91. The minimum Gasteiger partial charge on any atom is -0.324 e. The predicted molar refractivity (Wildman–Crippen MR) is 120 cm³/mol. The number of carbonyl (C=O) groups is 2. The zero-order valence-electron chi connectivity index (χ0n) is 18.0. The van der Waals surface area contributed by atoms with E-state index in [2.05, 4.69) is 5.32 Å². The maximum atomic E-state index is 13.1. The molecule has 0 unspecified atom stereocenters. The van der Waals surface area contributed by atoms with Crippen molar-refractivity contribution in [2.24, 2.45) is 0 Å². The average Bonchev–Trinajstić information content (AvgIpc) is 3.33. The number of nitrogens with one attached hydrogen (secondary N) is 1. The summed E-state index contributed by atoms with van der Waals surface area (Å²) in [5, 5.41) is 2.85. The highest BCUT2D eigenvalue weighted by Crippen LogP contribution is 2.43. The number of anilines is 2. The molecule has 164 valence electrons. The Morgan fingerprint density at radius 1 is 1.10 bits per heavy atom. The number of para-hydroxylation sites is 1. The van der Waals surface area contributed by atoms with Crippen LogP contribution in [0.15, 0.2) is 47.4 Å². The van der Waals surface area contributed by atoms with Crippen LogP contribution in [0.5, 0.6) is 0 Å². The molecule has 0 atom stereocenters. The molecule has 2 amide bonds. The SMILES string of the molecule is Cc1ccccc1NC(=O)CN1C(=O)C(C)(C)c2cc(S(=O)(=O)N3CCCC3)ccc21. The highest BCUT2D eigenvalue weighted by atomic mass is 32.2. The van der Waals surface area contributed by atoms with Gasteiger partial charge in [-0.1, -0.05) is 18.2 Å². The van der Waals surface area contributed by atoms with E-state index in [0.29, 0.717) is 30.0 Å². The van der Waals surface area contributed by atoms with E-state index in [4.69, 9.17) is 0 Å². The summed E-state index contributed by atoms with van der Waals surface area (Å²) in [6.07, 6.45) is 1.72. The van der Waals surface area contributed by atoms with Gasteiger partial charge in [0.25, 0.3) is 0 Å². The van der Waals surface area contributed by atoms with Gasteiger partial charge in [0.1, 0.15) is 6.54 Å². The summed E-state index contributed by atoms with van der Waals surface area (Å²) in [7, 11) is -3.59. The van der Waals surface area contributed by atoms with Crippen molar-refractivity contribution < 1.29 is 18.0 Å². The smallest absolute Gasteiger partial charge is 0.244 e. The van der Waals surface area contributed by atoms with Gasteiger partial charge in [-0.15, -0.1) is 0 Å². The van der Waals surface area contributed by atoms with E-state index < -0.39 is 15.4 Å². The van der Waals surface area contributed by atoms with Crippen LogP contribution in [0.2, 0.25) is 0 Å². The monoisotopic (exact) mass is 441 g/mol. The van der Waals surface area contributed by atoms with E-state index in [0.717, 1.165) is 18.4 Å². The van der Waals surface area contributed by atoms with Crippen LogP contribution >= 0.6 is 0 Å². The number of rotatable bonds is 5. The predicted octanol–water partition coefficient (Wildman–Crippen LogP) is 3.04. The number of aryl methyl sites for hydroxylation is 1. The third-order valence-electron chi connectivity index (χ3n) is 6.14. The van der Waals surface area contributed by atoms with Gasteiger partial charge in [-0.05, 0) is 69.0 Å². The number of hydrogen-bond acceptors (Lipinski definition) is 4. The average molecular weight is 442 g/mol. The summed E-state index contributed by atoms with van der Waals surface area (Å²) in [5.74, 6) is -0.529. The van der Waals surface area contributed by atoms with Crippen LogP contribution in [0.4, 0.5) is 11.4 Å². The minimum absolute atomic E-state index is 0.137. The second kappa shape index (κ2) is 7.76. The molecule has 0 spiro atoms. The largest absolute Gasteiger partial charge is 0.324 e. The Morgan fingerprint density at radius 3 is 2.45 bits per heavy atom. The van der Waals surface area contributed by atoms with Crippen molar-refractivity contribution in [2.75, 3.05) is 29.9 Å². The molecule has 2 heterocycles. The summed E-state index contributed by atoms with van der Waals surface area (Å²) >= 11 is 0. The van der Waals surface area contributed by atoms with E-state index in [1.165, 1.54) is 15.3 Å².